The molecule has 0 unspecified atom stereocenters. The molecule has 0 fully saturated rings. The van der Waals surface area contributed by atoms with E-state index in [4.69, 9.17) is 9.47 Å². The minimum absolute atomic E-state index is 0. The summed E-state index contributed by atoms with van der Waals surface area (Å²) in [6.45, 7) is 0.860. The second-order valence-electron chi connectivity index (χ2n) is 9.30. The molecule has 0 aliphatic rings. The number of hydrogen-bond donors (Lipinski definition) is 4. The Bertz CT molecular complexity index is 1440. The zero-order valence-electron chi connectivity index (χ0n) is 22.9. The molecule has 41 heavy (non-hydrogen) atoms. The number of rotatable bonds is 13. The van der Waals surface area contributed by atoms with Gasteiger partial charge in [-0.05, 0) is 78.2 Å². The third kappa shape index (κ3) is 8.37. The minimum Gasteiger partial charge on any atom is -0.506 e. The van der Waals surface area contributed by atoms with Crippen LogP contribution < -0.4 is 19.5 Å². The van der Waals surface area contributed by atoms with Crippen molar-refractivity contribution in [3.8, 4) is 17.2 Å². The first-order valence-corrected chi connectivity index (χ1v) is 14.4. The van der Waals surface area contributed by atoms with E-state index >= 15 is 0 Å². The number of aromatic hydroxyl groups is 1. The summed E-state index contributed by atoms with van der Waals surface area (Å²) in [5.74, 6) is 1.45. The summed E-state index contributed by atoms with van der Waals surface area (Å²) in [7, 11) is -0.615. The molecule has 218 valence electrons. The first-order valence-electron chi connectivity index (χ1n) is 12.9. The minimum atomic E-state index is -3.89. The molecular weight excluding hydrogens is 564 g/mol. The summed E-state index contributed by atoms with van der Waals surface area (Å²) in [4.78, 5) is 0.0743. The lowest BCUT2D eigenvalue weighted by molar-refractivity contribution is 0.174. The van der Waals surface area contributed by atoms with E-state index in [2.05, 4.69) is 34.3 Å². The molecule has 4 N–H and O–H groups in total. The molecular formula is C31H35ClN2O6S. The van der Waals surface area contributed by atoms with Crippen molar-refractivity contribution in [2.75, 3.05) is 32.0 Å². The Kier molecular flexibility index (Phi) is 11.4. The summed E-state index contributed by atoms with van der Waals surface area (Å²) in [5.41, 5.74) is 2.75. The molecule has 0 aromatic heterocycles. The van der Waals surface area contributed by atoms with E-state index in [9.17, 15) is 18.6 Å². The number of hydrogen-bond acceptors (Lipinski definition) is 7. The third-order valence-corrected chi connectivity index (χ3v) is 8.07. The van der Waals surface area contributed by atoms with Crippen LogP contribution in [-0.2, 0) is 10.0 Å². The van der Waals surface area contributed by atoms with E-state index < -0.39 is 16.1 Å². The van der Waals surface area contributed by atoms with Gasteiger partial charge in [-0.25, -0.2) is 8.42 Å². The lowest BCUT2D eigenvalue weighted by Gasteiger charge is -2.20. The van der Waals surface area contributed by atoms with Gasteiger partial charge in [-0.1, -0.05) is 48.5 Å². The van der Waals surface area contributed by atoms with Crippen molar-refractivity contribution >= 4 is 28.1 Å². The molecule has 0 amide bonds. The number of aliphatic hydroxyl groups excluding tert-OH is 1. The molecule has 0 spiro atoms. The van der Waals surface area contributed by atoms with Crippen molar-refractivity contribution in [2.24, 2.45) is 0 Å². The molecule has 10 heteroatoms. The van der Waals surface area contributed by atoms with Crippen molar-refractivity contribution in [1.82, 2.24) is 5.32 Å². The smallest absolute Gasteiger partial charge is 0.262 e. The van der Waals surface area contributed by atoms with Gasteiger partial charge in [0.1, 0.15) is 17.2 Å². The van der Waals surface area contributed by atoms with E-state index in [1.165, 1.54) is 24.3 Å². The Morgan fingerprint density at radius 1 is 0.780 bits per heavy atom. The molecule has 8 nitrogen and oxygen atoms in total. The summed E-state index contributed by atoms with van der Waals surface area (Å²) >= 11 is 0. The topological polar surface area (TPSA) is 117 Å². The van der Waals surface area contributed by atoms with Gasteiger partial charge in [-0.3, -0.25) is 4.72 Å². The molecule has 0 heterocycles. The van der Waals surface area contributed by atoms with Gasteiger partial charge in [0.05, 0.1) is 30.9 Å². The Balaban J connectivity index is 0.00000462. The van der Waals surface area contributed by atoms with Gasteiger partial charge in [0.25, 0.3) is 10.0 Å². The number of benzene rings is 4. The van der Waals surface area contributed by atoms with Crippen LogP contribution in [0.5, 0.6) is 17.2 Å². The van der Waals surface area contributed by atoms with E-state index in [1.54, 1.807) is 38.5 Å². The van der Waals surface area contributed by atoms with Gasteiger partial charge < -0.3 is 25.0 Å². The lowest BCUT2D eigenvalue weighted by Crippen LogP contribution is -2.24. The van der Waals surface area contributed by atoms with Gasteiger partial charge in [0.15, 0.2) is 0 Å². The van der Waals surface area contributed by atoms with Crippen LogP contribution in [0.15, 0.2) is 102 Å². The van der Waals surface area contributed by atoms with Crippen molar-refractivity contribution < 1.29 is 28.1 Å². The first kappa shape index (κ1) is 31.8. The number of nitrogens with one attached hydrogen (secondary N) is 2. The number of phenolic OH excluding ortho intramolecular Hbond substituents is 1. The molecule has 0 saturated heterocycles. The maximum atomic E-state index is 12.7. The largest absolute Gasteiger partial charge is 0.506 e. The number of sulfonamides is 1. The standard InChI is InChI=1S/C31H34N2O6S.ClH/c1-38-25-13-8-22(9-14-25)28(23-10-15-26(39-2)16-11-23)18-19-32-21-31(35)24-12-17-30(34)29(20-24)33-40(36,37)27-6-4-3-5-7-27;/h3-17,20,28,31-35H,18-19,21H2,1-2H3;1H/t31-;/m0./s1. The average Bonchev–Trinajstić information content (AvgIpc) is 2.99. The Morgan fingerprint density at radius 2 is 1.32 bits per heavy atom. The van der Waals surface area contributed by atoms with Gasteiger partial charge in [0, 0.05) is 12.5 Å². The van der Waals surface area contributed by atoms with Crippen molar-refractivity contribution in [1.29, 1.82) is 0 Å². The quantitative estimate of drug-likeness (QED) is 0.119. The van der Waals surface area contributed by atoms with Crippen molar-refractivity contribution in [3.63, 3.8) is 0 Å². The predicted molar refractivity (Wildman–Crippen MR) is 163 cm³/mol. The number of phenols is 1. The normalized spacial score (nSPS) is 11.9. The van der Waals surface area contributed by atoms with Crippen LogP contribution in [0.1, 0.15) is 35.1 Å². The average molecular weight is 599 g/mol. The summed E-state index contributed by atoms with van der Waals surface area (Å²) in [6.07, 6.45) is -0.149. The maximum absolute atomic E-state index is 12.7. The number of anilines is 1. The molecule has 0 aliphatic carbocycles. The van der Waals surface area contributed by atoms with Crippen molar-refractivity contribution in [2.45, 2.75) is 23.3 Å². The fraction of sp³-hybridized carbons (Fsp3) is 0.226. The SMILES string of the molecule is COc1ccc(C(CCNC[C@H](O)c2ccc(O)c(NS(=O)(=O)c3ccccc3)c2)c2ccc(OC)cc2)cc1.Cl. The monoisotopic (exact) mass is 598 g/mol. The van der Waals surface area contributed by atoms with Crippen molar-refractivity contribution in [3.05, 3.63) is 114 Å². The fourth-order valence-corrected chi connectivity index (χ4v) is 5.53. The molecule has 4 aromatic carbocycles. The van der Waals surface area contributed by atoms with Crippen LogP contribution in [0, 0.1) is 0 Å². The molecule has 0 aliphatic heterocycles. The molecule has 4 rings (SSSR count). The molecule has 0 bridgehead atoms. The van der Waals surface area contributed by atoms with E-state index in [0.717, 1.165) is 29.0 Å². The van der Waals surface area contributed by atoms with E-state index in [1.807, 2.05) is 24.3 Å². The van der Waals surface area contributed by atoms with Crippen LogP contribution in [0.3, 0.4) is 0 Å². The molecule has 4 aromatic rings. The zero-order chi connectivity index (χ0) is 28.5. The summed E-state index contributed by atoms with van der Waals surface area (Å²) in [6, 6.07) is 28.2. The molecule has 0 radical (unpaired) electrons. The molecule has 0 saturated carbocycles. The van der Waals surface area contributed by atoms with Crippen LogP contribution in [-0.4, -0.2) is 45.9 Å². The Labute approximate surface area is 247 Å². The number of ether oxygens (including phenoxy) is 2. The maximum Gasteiger partial charge on any atom is 0.262 e. The van der Waals surface area contributed by atoms with Gasteiger partial charge in [-0.2, -0.15) is 0 Å². The van der Waals surface area contributed by atoms with Gasteiger partial charge in [0.2, 0.25) is 0 Å². The second-order valence-corrected chi connectivity index (χ2v) is 11.0. The second kappa shape index (κ2) is 14.7. The first-order chi connectivity index (χ1) is 19.3. The highest BCUT2D eigenvalue weighted by atomic mass is 35.5. The van der Waals surface area contributed by atoms with Crippen LogP contribution >= 0.6 is 12.4 Å². The van der Waals surface area contributed by atoms with E-state index in [-0.39, 0.29) is 41.2 Å². The number of halogens is 1. The Morgan fingerprint density at radius 3 is 1.85 bits per heavy atom. The number of aliphatic hydroxyl groups is 1. The van der Waals surface area contributed by atoms with Crippen LogP contribution in [0.2, 0.25) is 0 Å². The van der Waals surface area contributed by atoms with Gasteiger partial charge in [-0.15, -0.1) is 12.4 Å². The highest BCUT2D eigenvalue weighted by molar-refractivity contribution is 7.92. The highest BCUT2D eigenvalue weighted by Gasteiger charge is 2.18. The Hall–Kier alpha value is -3.76. The van der Waals surface area contributed by atoms with Crippen LogP contribution in [0.4, 0.5) is 5.69 Å². The lowest BCUT2D eigenvalue weighted by atomic mass is 9.88. The third-order valence-electron chi connectivity index (χ3n) is 6.69. The molecule has 1 atom stereocenters. The number of methoxy groups -OCH3 is 2. The predicted octanol–water partition coefficient (Wildman–Crippen LogP) is 5.48. The van der Waals surface area contributed by atoms with E-state index in [0.29, 0.717) is 12.1 Å². The fourth-order valence-electron chi connectivity index (χ4n) is 4.45. The zero-order valence-corrected chi connectivity index (χ0v) is 24.5. The summed E-state index contributed by atoms with van der Waals surface area (Å²) < 4.78 is 38.4. The highest BCUT2D eigenvalue weighted by Crippen LogP contribution is 2.31. The summed E-state index contributed by atoms with van der Waals surface area (Å²) in [5, 5.41) is 24.4. The van der Waals surface area contributed by atoms with Crippen LogP contribution in [0.25, 0.3) is 0 Å². The van der Waals surface area contributed by atoms with Gasteiger partial charge >= 0.3 is 0 Å².